The van der Waals surface area contributed by atoms with Crippen LogP contribution in [-0.2, 0) is 16.0 Å². The topological polar surface area (TPSA) is 52.1 Å². The first-order valence-electron chi connectivity index (χ1n) is 10.8. The molecule has 0 bridgehead atoms. The predicted octanol–water partition coefficient (Wildman–Crippen LogP) is 3.12. The first-order chi connectivity index (χ1) is 13.5. The molecule has 4 heteroatoms. The van der Waals surface area contributed by atoms with Gasteiger partial charge in [-0.1, -0.05) is 31.2 Å². The van der Waals surface area contributed by atoms with Gasteiger partial charge in [-0.25, -0.2) is 0 Å². The molecule has 5 atom stereocenters. The maximum Gasteiger partial charge on any atom is 0.315 e. The molecule has 4 rings (SSSR count). The molecular weight excluding hydrogens is 350 g/mol. The zero-order valence-corrected chi connectivity index (χ0v) is 17.3. The number of hydrogen-bond acceptors (Lipinski definition) is 3. The number of ether oxygens (including phenoxy) is 2. The minimum absolute atomic E-state index is 0.0311. The number of rotatable bonds is 6. The molecule has 2 aliphatic carbocycles. The van der Waals surface area contributed by atoms with Gasteiger partial charge in [-0.15, -0.1) is 0 Å². The van der Waals surface area contributed by atoms with Gasteiger partial charge in [0.15, 0.2) is 0 Å². The van der Waals surface area contributed by atoms with Crippen molar-refractivity contribution in [2.45, 2.75) is 51.6 Å². The van der Waals surface area contributed by atoms with Crippen LogP contribution in [0, 0.1) is 23.2 Å². The highest BCUT2D eigenvalue weighted by Gasteiger charge is 2.55. The van der Waals surface area contributed by atoms with Gasteiger partial charge in [0.2, 0.25) is 0 Å². The quantitative estimate of drug-likeness (QED) is 0.466. The van der Waals surface area contributed by atoms with Crippen LogP contribution in [0.2, 0.25) is 0 Å². The fourth-order valence-corrected chi connectivity index (χ4v) is 5.88. The number of nitrogens with two attached hydrogens (primary N) is 1. The average molecular weight is 385 g/mol. The first-order valence-corrected chi connectivity index (χ1v) is 10.8. The van der Waals surface area contributed by atoms with Crippen molar-refractivity contribution in [3.05, 3.63) is 42.0 Å². The summed E-state index contributed by atoms with van der Waals surface area (Å²) in [7, 11) is 1.69. The summed E-state index contributed by atoms with van der Waals surface area (Å²) >= 11 is 0. The summed E-state index contributed by atoms with van der Waals surface area (Å²) in [6, 6.07) is 8.24. The number of allylic oxidation sites excluding steroid dienone is 1. The molecule has 0 aromatic heterocycles. The van der Waals surface area contributed by atoms with E-state index in [4.69, 9.17) is 9.47 Å². The van der Waals surface area contributed by atoms with Crippen LogP contribution in [-0.4, -0.2) is 32.3 Å². The SMILES string of the molecule is C=C1CCC[C@@]2(C)C[C@H]3OC(=O)[C@@H](C[NH2+]CCc4ccc(OC)cc4)[C@@H]3C[C@@H]12. The first kappa shape index (κ1) is 19.5. The van der Waals surface area contributed by atoms with Gasteiger partial charge >= 0.3 is 5.97 Å². The lowest BCUT2D eigenvalue weighted by Gasteiger charge is -2.49. The lowest BCUT2D eigenvalue weighted by atomic mass is 9.55. The lowest BCUT2D eigenvalue weighted by Crippen LogP contribution is -2.86. The molecule has 3 aliphatic rings. The number of hydrogen-bond donors (Lipinski definition) is 1. The van der Waals surface area contributed by atoms with E-state index in [9.17, 15) is 4.79 Å². The van der Waals surface area contributed by atoms with Crippen molar-refractivity contribution in [3.63, 3.8) is 0 Å². The van der Waals surface area contributed by atoms with Crippen LogP contribution in [0.5, 0.6) is 5.75 Å². The second-order valence-corrected chi connectivity index (χ2v) is 9.32. The number of benzene rings is 1. The summed E-state index contributed by atoms with van der Waals surface area (Å²) in [5.41, 5.74) is 2.99. The molecule has 0 radical (unpaired) electrons. The van der Waals surface area contributed by atoms with Crippen molar-refractivity contribution in [2.24, 2.45) is 23.2 Å². The van der Waals surface area contributed by atoms with Crippen LogP contribution in [0.15, 0.2) is 36.4 Å². The van der Waals surface area contributed by atoms with Gasteiger partial charge in [0.05, 0.1) is 20.2 Å². The number of methoxy groups -OCH3 is 1. The Morgan fingerprint density at radius 3 is 2.86 bits per heavy atom. The standard InChI is InChI=1S/C24H33NO3/c1-16-5-4-11-24(2)14-22-19(13-21(16)24)20(23(26)28-22)15-25-12-10-17-6-8-18(27-3)9-7-17/h6-9,19-22,25H,1,4-5,10-15H2,2-3H3/p+1/t19-,20-,21-,22+,24-/m0/s1. The maximum absolute atomic E-state index is 12.6. The molecule has 1 aromatic rings. The van der Waals surface area contributed by atoms with E-state index >= 15 is 0 Å². The Balaban J connectivity index is 1.32. The van der Waals surface area contributed by atoms with Crippen LogP contribution in [0.25, 0.3) is 0 Å². The van der Waals surface area contributed by atoms with Gasteiger partial charge in [-0.2, -0.15) is 0 Å². The smallest absolute Gasteiger partial charge is 0.315 e. The minimum atomic E-state index is 0.0311. The van der Waals surface area contributed by atoms with Crippen molar-refractivity contribution in [1.82, 2.24) is 0 Å². The fourth-order valence-electron chi connectivity index (χ4n) is 5.88. The van der Waals surface area contributed by atoms with E-state index in [1.807, 2.05) is 12.1 Å². The Morgan fingerprint density at radius 1 is 1.32 bits per heavy atom. The van der Waals surface area contributed by atoms with Crippen molar-refractivity contribution < 1.29 is 19.6 Å². The molecule has 1 aliphatic heterocycles. The average Bonchev–Trinajstić information content (AvgIpc) is 2.98. The largest absolute Gasteiger partial charge is 0.497 e. The van der Waals surface area contributed by atoms with Gasteiger partial charge in [0.1, 0.15) is 17.8 Å². The van der Waals surface area contributed by atoms with Gasteiger partial charge in [-0.05, 0) is 61.1 Å². The molecule has 0 spiro atoms. The van der Waals surface area contributed by atoms with Crippen LogP contribution < -0.4 is 10.1 Å². The van der Waals surface area contributed by atoms with Crippen LogP contribution in [0.1, 0.15) is 44.6 Å². The van der Waals surface area contributed by atoms with E-state index in [-0.39, 0.29) is 23.4 Å². The third-order valence-electron chi connectivity index (χ3n) is 7.54. The summed E-state index contributed by atoms with van der Waals surface area (Å²) in [5, 5.41) is 2.29. The molecule has 152 valence electrons. The molecule has 1 saturated heterocycles. The van der Waals surface area contributed by atoms with Crippen LogP contribution >= 0.6 is 0 Å². The van der Waals surface area contributed by atoms with E-state index in [0.29, 0.717) is 11.8 Å². The number of fused-ring (bicyclic) bond motifs is 2. The third-order valence-corrected chi connectivity index (χ3v) is 7.54. The Bertz CT molecular complexity index is 728. The highest BCUT2D eigenvalue weighted by Crippen LogP contribution is 2.56. The minimum Gasteiger partial charge on any atom is -0.497 e. The van der Waals surface area contributed by atoms with E-state index in [2.05, 4.69) is 31.0 Å². The molecule has 28 heavy (non-hydrogen) atoms. The number of carbonyl (C=O) groups is 1. The van der Waals surface area contributed by atoms with Crippen molar-refractivity contribution in [3.8, 4) is 5.75 Å². The normalized spacial score (nSPS) is 34.5. The van der Waals surface area contributed by atoms with Gasteiger partial charge in [-0.3, -0.25) is 4.79 Å². The van der Waals surface area contributed by atoms with Crippen molar-refractivity contribution in [1.29, 1.82) is 0 Å². The zero-order valence-electron chi connectivity index (χ0n) is 17.3. The number of esters is 1. The number of quaternary nitrogens is 1. The molecular formula is C24H34NO3+. The maximum atomic E-state index is 12.6. The Morgan fingerprint density at radius 2 is 2.11 bits per heavy atom. The van der Waals surface area contributed by atoms with E-state index in [1.165, 1.54) is 24.0 Å². The predicted molar refractivity (Wildman–Crippen MR) is 109 cm³/mol. The molecule has 0 amide bonds. The highest BCUT2D eigenvalue weighted by atomic mass is 16.6. The molecule has 4 nitrogen and oxygen atoms in total. The van der Waals surface area contributed by atoms with Crippen molar-refractivity contribution >= 4 is 5.97 Å². The molecule has 2 saturated carbocycles. The summed E-state index contributed by atoms with van der Waals surface area (Å²) in [6.45, 7) is 8.60. The van der Waals surface area contributed by atoms with Crippen LogP contribution in [0.4, 0.5) is 0 Å². The summed E-state index contributed by atoms with van der Waals surface area (Å²) in [6.07, 6.45) is 6.87. The molecule has 0 unspecified atom stereocenters. The van der Waals surface area contributed by atoms with E-state index < -0.39 is 0 Å². The van der Waals surface area contributed by atoms with Crippen molar-refractivity contribution in [2.75, 3.05) is 20.2 Å². The van der Waals surface area contributed by atoms with Gasteiger partial charge in [0.25, 0.3) is 0 Å². The van der Waals surface area contributed by atoms with Gasteiger partial charge in [0, 0.05) is 12.3 Å². The second kappa shape index (κ2) is 7.90. The van der Waals surface area contributed by atoms with E-state index in [0.717, 1.165) is 44.5 Å². The third kappa shape index (κ3) is 3.71. The molecule has 1 aromatic carbocycles. The lowest BCUT2D eigenvalue weighted by molar-refractivity contribution is -0.658. The molecule has 1 heterocycles. The molecule has 3 fully saturated rings. The van der Waals surface area contributed by atoms with Gasteiger partial charge < -0.3 is 14.8 Å². The summed E-state index contributed by atoms with van der Waals surface area (Å²) in [4.78, 5) is 12.6. The Kier molecular flexibility index (Phi) is 5.50. The second-order valence-electron chi connectivity index (χ2n) is 9.32. The monoisotopic (exact) mass is 384 g/mol. The Labute approximate surface area is 168 Å². The van der Waals surface area contributed by atoms with E-state index in [1.54, 1.807) is 7.11 Å². The summed E-state index contributed by atoms with van der Waals surface area (Å²) in [5.74, 6) is 1.90. The Hall–Kier alpha value is -1.81. The molecule has 2 N–H and O–H groups in total. The fraction of sp³-hybridized carbons (Fsp3) is 0.625. The summed E-state index contributed by atoms with van der Waals surface area (Å²) < 4.78 is 11.1. The zero-order chi connectivity index (χ0) is 19.7. The van der Waals surface area contributed by atoms with Crippen LogP contribution in [0.3, 0.4) is 0 Å². The number of carbonyl (C=O) groups excluding carboxylic acids is 1. The highest BCUT2D eigenvalue weighted by molar-refractivity contribution is 5.75.